The fraction of sp³-hybridized carbons (Fsp3) is 0.533. The van der Waals surface area contributed by atoms with Gasteiger partial charge in [-0.15, -0.1) is 0 Å². The molecule has 1 saturated heterocycles. The van der Waals surface area contributed by atoms with Crippen LogP contribution in [-0.2, 0) is 4.79 Å². The van der Waals surface area contributed by atoms with Crippen molar-refractivity contribution in [1.29, 1.82) is 0 Å². The van der Waals surface area contributed by atoms with Gasteiger partial charge in [0, 0.05) is 18.2 Å². The Balaban J connectivity index is 2.28. The van der Waals surface area contributed by atoms with Crippen LogP contribution in [0.15, 0.2) is 18.2 Å². The molecule has 5 heteroatoms. The number of hydrogen-bond acceptors (Lipinski definition) is 2. The van der Waals surface area contributed by atoms with Crippen LogP contribution in [0.3, 0.4) is 0 Å². The van der Waals surface area contributed by atoms with E-state index in [1.165, 1.54) is 12.1 Å². The van der Waals surface area contributed by atoms with E-state index in [9.17, 15) is 13.6 Å². The van der Waals surface area contributed by atoms with Gasteiger partial charge in [-0.25, -0.2) is 8.78 Å². The first-order valence-electron chi connectivity index (χ1n) is 6.95. The third-order valence-corrected chi connectivity index (χ3v) is 3.56. The van der Waals surface area contributed by atoms with Crippen LogP contribution in [0.1, 0.15) is 38.9 Å². The highest BCUT2D eigenvalue weighted by atomic mass is 19.1. The Labute approximate surface area is 118 Å². The zero-order valence-electron chi connectivity index (χ0n) is 12.0. The predicted octanol–water partition coefficient (Wildman–Crippen LogP) is 2.83. The summed E-state index contributed by atoms with van der Waals surface area (Å²) in [5.74, 6) is -0.891. The predicted molar refractivity (Wildman–Crippen MR) is 72.9 cm³/mol. The summed E-state index contributed by atoms with van der Waals surface area (Å²) in [5, 5.41) is 3.16. The van der Waals surface area contributed by atoms with Crippen LogP contribution >= 0.6 is 0 Å². The highest BCUT2D eigenvalue weighted by Crippen LogP contribution is 2.29. The van der Waals surface area contributed by atoms with Crippen LogP contribution in [-0.4, -0.2) is 23.4 Å². The lowest BCUT2D eigenvalue weighted by Crippen LogP contribution is -2.31. The molecule has 0 aliphatic carbocycles. The van der Waals surface area contributed by atoms with Gasteiger partial charge in [-0.05, 0) is 31.4 Å². The third kappa shape index (κ3) is 2.82. The van der Waals surface area contributed by atoms with Gasteiger partial charge >= 0.3 is 0 Å². The molecular formula is C15H20F2N2O. The first-order valence-corrected chi connectivity index (χ1v) is 6.95. The second-order valence-corrected chi connectivity index (χ2v) is 5.54. The largest absolute Gasteiger partial charge is 0.322 e. The summed E-state index contributed by atoms with van der Waals surface area (Å²) in [5.41, 5.74) is 0.313. The summed E-state index contributed by atoms with van der Waals surface area (Å²) < 4.78 is 26.9. The molecular weight excluding hydrogens is 262 g/mol. The molecule has 0 saturated carbocycles. The highest BCUT2D eigenvalue weighted by Gasteiger charge is 2.39. The van der Waals surface area contributed by atoms with E-state index in [0.29, 0.717) is 24.4 Å². The highest BCUT2D eigenvalue weighted by molar-refractivity contribution is 5.84. The van der Waals surface area contributed by atoms with E-state index in [2.05, 4.69) is 5.32 Å². The molecule has 1 aromatic carbocycles. The van der Waals surface area contributed by atoms with Crippen molar-refractivity contribution in [3.8, 4) is 0 Å². The minimum Gasteiger partial charge on any atom is -0.322 e. The number of nitrogens with zero attached hydrogens (tertiary/aromatic N) is 1. The van der Waals surface area contributed by atoms with Crippen molar-refractivity contribution in [2.24, 2.45) is 5.92 Å². The zero-order valence-corrected chi connectivity index (χ0v) is 12.0. The summed E-state index contributed by atoms with van der Waals surface area (Å²) in [6.07, 6.45) is 0.186. The Kier molecular flexibility index (Phi) is 4.38. The van der Waals surface area contributed by atoms with Crippen LogP contribution < -0.4 is 5.32 Å². The van der Waals surface area contributed by atoms with Gasteiger partial charge in [-0.2, -0.15) is 0 Å². The fourth-order valence-electron chi connectivity index (χ4n) is 2.64. The Hall–Kier alpha value is -1.49. The molecule has 1 heterocycles. The van der Waals surface area contributed by atoms with Gasteiger partial charge in [-0.1, -0.05) is 13.8 Å². The second-order valence-electron chi connectivity index (χ2n) is 5.54. The number of carbonyl (C=O) groups is 1. The van der Waals surface area contributed by atoms with Crippen LogP contribution in [0.25, 0.3) is 0 Å². The lowest BCUT2D eigenvalue weighted by Gasteiger charge is -2.23. The van der Waals surface area contributed by atoms with Gasteiger partial charge in [0.05, 0.1) is 6.04 Å². The van der Waals surface area contributed by atoms with Gasteiger partial charge in [0.25, 0.3) is 0 Å². The van der Waals surface area contributed by atoms with Crippen LogP contribution in [0.2, 0.25) is 0 Å². The minimum absolute atomic E-state index is 0.0186. The topological polar surface area (TPSA) is 32.3 Å². The van der Waals surface area contributed by atoms with E-state index in [1.54, 1.807) is 4.90 Å². The Morgan fingerprint density at radius 2 is 2.05 bits per heavy atom. The Morgan fingerprint density at radius 3 is 2.60 bits per heavy atom. The van der Waals surface area contributed by atoms with Crippen molar-refractivity contribution in [2.45, 2.75) is 39.4 Å². The number of hydrogen-bond donors (Lipinski definition) is 1. The molecule has 0 spiro atoms. The van der Waals surface area contributed by atoms with Gasteiger partial charge in [-0.3, -0.25) is 10.1 Å². The van der Waals surface area contributed by atoms with Crippen molar-refractivity contribution < 1.29 is 13.6 Å². The summed E-state index contributed by atoms with van der Waals surface area (Å²) in [4.78, 5) is 13.9. The fourth-order valence-corrected chi connectivity index (χ4v) is 2.64. The summed E-state index contributed by atoms with van der Waals surface area (Å²) in [6, 6.07) is 3.17. The monoisotopic (exact) mass is 282 g/mol. The number of benzene rings is 1. The molecule has 20 heavy (non-hydrogen) atoms. The average Bonchev–Trinajstić information content (AvgIpc) is 2.65. The van der Waals surface area contributed by atoms with Gasteiger partial charge in [0.1, 0.15) is 17.8 Å². The molecule has 2 atom stereocenters. The molecule has 1 fully saturated rings. The number of rotatable bonds is 4. The van der Waals surface area contributed by atoms with Crippen molar-refractivity contribution >= 4 is 5.91 Å². The number of carbonyl (C=O) groups excluding carboxylic acids is 1. The molecule has 2 unspecified atom stereocenters. The smallest absolute Gasteiger partial charge is 0.241 e. The number of likely N-dealkylation sites (N-methyl/N-ethyl adjacent to an activating group) is 1. The van der Waals surface area contributed by atoms with E-state index in [1.807, 2.05) is 20.8 Å². The maximum atomic E-state index is 13.9. The van der Waals surface area contributed by atoms with Crippen LogP contribution in [0.5, 0.6) is 0 Å². The normalized spacial score (nSPS) is 22.9. The van der Waals surface area contributed by atoms with E-state index in [4.69, 9.17) is 0 Å². The van der Waals surface area contributed by atoms with Crippen molar-refractivity contribution in [1.82, 2.24) is 10.2 Å². The Morgan fingerprint density at radius 1 is 1.35 bits per heavy atom. The standard InChI is InChI=1S/C15H20F2N2O/c1-4-19-14(11-6-5-10(16)8-12(11)17)18-13(15(19)20)7-9(2)3/h5-6,8-9,13-14,18H,4,7H2,1-3H3. The van der Waals surface area contributed by atoms with Crippen LogP contribution in [0.4, 0.5) is 8.78 Å². The summed E-state index contributed by atoms with van der Waals surface area (Å²) in [7, 11) is 0. The number of halogens is 2. The second kappa shape index (κ2) is 5.87. The Bertz CT molecular complexity index is 505. The molecule has 1 N–H and O–H groups in total. The van der Waals surface area contributed by atoms with Gasteiger partial charge in [0.2, 0.25) is 5.91 Å². The lowest BCUT2D eigenvalue weighted by molar-refractivity contribution is -0.130. The molecule has 3 nitrogen and oxygen atoms in total. The molecule has 2 rings (SSSR count). The van der Waals surface area contributed by atoms with E-state index < -0.39 is 17.8 Å². The first kappa shape index (κ1) is 14.9. The van der Waals surface area contributed by atoms with E-state index in [0.717, 1.165) is 6.07 Å². The third-order valence-electron chi connectivity index (χ3n) is 3.56. The maximum Gasteiger partial charge on any atom is 0.241 e. The SMILES string of the molecule is CCN1C(=O)C(CC(C)C)NC1c1ccc(F)cc1F. The average molecular weight is 282 g/mol. The number of nitrogens with one attached hydrogen (secondary N) is 1. The molecule has 0 bridgehead atoms. The first-order chi connectivity index (χ1) is 9.43. The molecule has 1 amide bonds. The minimum atomic E-state index is -0.626. The van der Waals surface area contributed by atoms with E-state index in [-0.39, 0.29) is 11.9 Å². The molecule has 1 aliphatic rings. The molecule has 1 aromatic rings. The lowest BCUT2D eigenvalue weighted by atomic mass is 10.0. The summed E-state index contributed by atoms with van der Waals surface area (Å²) in [6.45, 7) is 6.42. The van der Waals surface area contributed by atoms with Crippen molar-refractivity contribution in [2.75, 3.05) is 6.54 Å². The van der Waals surface area contributed by atoms with E-state index >= 15 is 0 Å². The van der Waals surface area contributed by atoms with Crippen molar-refractivity contribution in [3.05, 3.63) is 35.4 Å². The molecule has 0 aromatic heterocycles. The van der Waals surface area contributed by atoms with Gasteiger partial charge in [0.15, 0.2) is 0 Å². The molecule has 0 radical (unpaired) electrons. The molecule has 110 valence electrons. The quantitative estimate of drug-likeness (QED) is 0.921. The van der Waals surface area contributed by atoms with Crippen LogP contribution in [0, 0.1) is 17.6 Å². The zero-order chi connectivity index (χ0) is 14.9. The molecule has 1 aliphatic heterocycles. The maximum absolute atomic E-state index is 13.9. The van der Waals surface area contributed by atoms with Crippen molar-refractivity contribution in [3.63, 3.8) is 0 Å². The van der Waals surface area contributed by atoms with Gasteiger partial charge < -0.3 is 4.90 Å². The summed E-state index contributed by atoms with van der Waals surface area (Å²) >= 11 is 0. The number of amides is 1.